The molecular weight excluding hydrogens is 536 g/mol. The third-order valence-corrected chi connectivity index (χ3v) is 7.61. The maximum Gasteiger partial charge on any atom is 0.0662 e. The molecule has 2 aromatic carbocycles. The van der Waals surface area contributed by atoms with Crippen LogP contribution in [0.4, 0.5) is 5.69 Å². The van der Waals surface area contributed by atoms with Gasteiger partial charge in [0, 0.05) is 32.4 Å². The summed E-state index contributed by atoms with van der Waals surface area (Å²) in [5.41, 5.74) is 9.21. The number of terminal acetylenes is 1. The van der Waals surface area contributed by atoms with Crippen molar-refractivity contribution >= 4 is 17.1 Å². The molecule has 0 spiro atoms. The molecule has 1 saturated heterocycles. The highest BCUT2D eigenvalue weighted by Gasteiger charge is 2.21. The van der Waals surface area contributed by atoms with Crippen LogP contribution >= 0.6 is 0 Å². The zero-order valence-electron chi connectivity index (χ0n) is 28.3. The van der Waals surface area contributed by atoms with E-state index in [1.54, 1.807) is 12.3 Å². The first-order valence-electron chi connectivity index (χ1n) is 15.9. The van der Waals surface area contributed by atoms with E-state index in [4.69, 9.17) is 11.4 Å². The lowest BCUT2D eigenvalue weighted by atomic mass is 9.89. The second-order valence-electron chi connectivity index (χ2n) is 10.9. The van der Waals surface area contributed by atoms with Crippen molar-refractivity contribution in [2.45, 2.75) is 66.7 Å². The van der Waals surface area contributed by atoms with E-state index in [0.717, 1.165) is 67.6 Å². The Morgan fingerprint density at radius 3 is 2.25 bits per heavy atom. The second-order valence-corrected chi connectivity index (χ2v) is 10.9. The number of piperidine rings is 1. The molecule has 3 rings (SSSR count). The normalized spacial score (nSPS) is 13.5. The van der Waals surface area contributed by atoms with Crippen molar-refractivity contribution in [1.82, 2.24) is 15.5 Å². The molecule has 2 N–H and O–H groups in total. The predicted molar refractivity (Wildman–Crippen MR) is 196 cm³/mol. The highest BCUT2D eigenvalue weighted by atomic mass is 15.1. The predicted octanol–water partition coefficient (Wildman–Crippen LogP) is 9.41. The molecule has 4 heteroatoms. The fraction of sp³-hybridized carbons (Fsp3) is 0.375. The van der Waals surface area contributed by atoms with Crippen LogP contribution in [-0.2, 0) is 6.42 Å². The van der Waals surface area contributed by atoms with Crippen molar-refractivity contribution in [3.05, 3.63) is 121 Å². The average Bonchev–Trinajstić information content (AvgIpc) is 3.06. The third kappa shape index (κ3) is 14.3. The first kappa shape index (κ1) is 37.8. The standard InChI is InChI=1S/C28H37N3.C9H12.C3H7N/c1-6-17-29-23(4)27-13-11-25(12-14-27)20-26-15-18-31(19-16-26)24(5)22(3)30-28-10-8-7-9-21(28)2;1-4-7-8-9(5-2)6-3;1-3-4-2/h7-14,26,29H,4-6,15-20H2,1-3H3;1,5,7-8H,6H2,2-3H3;3-4H,1H2,2H3/b;8-7-,9-5-;. The maximum atomic E-state index is 5.02. The Kier molecular flexibility index (Phi) is 19.2. The van der Waals surface area contributed by atoms with E-state index >= 15 is 0 Å². The number of nitrogens with zero attached hydrogens (tertiary/aromatic N) is 2. The van der Waals surface area contributed by atoms with Crippen molar-refractivity contribution in [3.8, 4) is 12.3 Å². The summed E-state index contributed by atoms with van der Waals surface area (Å²) >= 11 is 0. The number of likely N-dealkylation sites (tertiary alicyclic amines) is 1. The summed E-state index contributed by atoms with van der Waals surface area (Å²) in [4.78, 5) is 7.23. The van der Waals surface area contributed by atoms with Crippen LogP contribution in [-0.4, -0.2) is 37.3 Å². The molecule has 0 amide bonds. The van der Waals surface area contributed by atoms with Crippen LogP contribution in [0.3, 0.4) is 0 Å². The number of aliphatic imine (C=N–C) groups is 1. The van der Waals surface area contributed by atoms with E-state index in [2.05, 4.69) is 117 Å². The number of aryl methyl sites for hydroxylation is 1. The Morgan fingerprint density at radius 1 is 1.09 bits per heavy atom. The van der Waals surface area contributed by atoms with E-state index in [9.17, 15) is 0 Å². The molecule has 0 aliphatic carbocycles. The third-order valence-electron chi connectivity index (χ3n) is 7.61. The van der Waals surface area contributed by atoms with Gasteiger partial charge in [-0.05, 0) is 93.8 Å². The minimum atomic E-state index is 0.727. The zero-order valence-corrected chi connectivity index (χ0v) is 28.3. The van der Waals surface area contributed by atoms with Gasteiger partial charge in [-0.25, -0.2) is 0 Å². The average molecular weight is 593 g/mol. The molecular formula is C40H56N4. The Hall–Kier alpha value is -4.23. The van der Waals surface area contributed by atoms with Gasteiger partial charge in [0.05, 0.1) is 17.1 Å². The van der Waals surface area contributed by atoms with Gasteiger partial charge in [0.25, 0.3) is 0 Å². The number of benzene rings is 2. The van der Waals surface area contributed by atoms with Gasteiger partial charge in [-0.3, -0.25) is 4.99 Å². The summed E-state index contributed by atoms with van der Waals surface area (Å²) in [5, 5.41) is 6.07. The number of rotatable bonds is 12. The first-order valence-corrected chi connectivity index (χ1v) is 15.9. The van der Waals surface area contributed by atoms with Crippen LogP contribution in [0.5, 0.6) is 0 Å². The number of hydrogen-bond acceptors (Lipinski definition) is 4. The summed E-state index contributed by atoms with van der Waals surface area (Å²) in [7, 11) is 1.81. The topological polar surface area (TPSA) is 39.7 Å². The van der Waals surface area contributed by atoms with Crippen LogP contribution in [0.15, 0.2) is 109 Å². The van der Waals surface area contributed by atoms with Crippen molar-refractivity contribution in [3.63, 3.8) is 0 Å². The summed E-state index contributed by atoms with van der Waals surface area (Å²) in [6, 6.07) is 17.2. The molecule has 1 fully saturated rings. The van der Waals surface area contributed by atoms with Gasteiger partial charge < -0.3 is 15.5 Å². The summed E-state index contributed by atoms with van der Waals surface area (Å²) in [6.07, 6.45) is 18.1. The van der Waals surface area contributed by atoms with Crippen LogP contribution in [0.2, 0.25) is 0 Å². The van der Waals surface area contributed by atoms with Gasteiger partial charge in [-0.2, -0.15) is 0 Å². The SMILES string of the molecule is C#C/C=C\C(=C/C)CC.C=C(NCCC)c1ccc(CC2CCN(C(=C)C(C)=Nc3ccccc3C)CC2)cc1.C=CNC. The summed E-state index contributed by atoms with van der Waals surface area (Å²) < 4.78 is 0. The molecule has 2 aromatic rings. The molecule has 0 atom stereocenters. The summed E-state index contributed by atoms with van der Waals surface area (Å²) in [5.74, 6) is 3.17. The Labute approximate surface area is 269 Å². The number of allylic oxidation sites excluding steroid dienone is 5. The lowest BCUT2D eigenvalue weighted by molar-refractivity contribution is 0.234. The second kappa shape index (κ2) is 22.3. The minimum Gasteiger partial charge on any atom is -0.394 e. The highest BCUT2D eigenvalue weighted by Crippen LogP contribution is 2.26. The molecule has 0 radical (unpaired) electrons. The molecule has 1 heterocycles. The largest absolute Gasteiger partial charge is 0.394 e. The fourth-order valence-corrected chi connectivity index (χ4v) is 4.70. The van der Waals surface area contributed by atoms with Crippen LogP contribution in [0.25, 0.3) is 5.70 Å². The first-order chi connectivity index (χ1) is 21.2. The van der Waals surface area contributed by atoms with Gasteiger partial charge in [0.2, 0.25) is 0 Å². The van der Waals surface area contributed by atoms with E-state index in [1.165, 1.54) is 35.1 Å². The van der Waals surface area contributed by atoms with Crippen molar-refractivity contribution in [2.75, 3.05) is 26.7 Å². The van der Waals surface area contributed by atoms with E-state index < -0.39 is 0 Å². The molecule has 4 nitrogen and oxygen atoms in total. The smallest absolute Gasteiger partial charge is 0.0662 e. The van der Waals surface area contributed by atoms with E-state index in [-0.39, 0.29) is 0 Å². The zero-order chi connectivity index (χ0) is 32.7. The monoisotopic (exact) mass is 592 g/mol. The van der Waals surface area contributed by atoms with Gasteiger partial charge in [0.15, 0.2) is 0 Å². The van der Waals surface area contributed by atoms with E-state index in [1.807, 2.05) is 26.1 Å². The van der Waals surface area contributed by atoms with E-state index in [0.29, 0.717) is 0 Å². The van der Waals surface area contributed by atoms with Crippen LogP contribution < -0.4 is 10.6 Å². The van der Waals surface area contributed by atoms with Gasteiger partial charge >= 0.3 is 0 Å². The number of para-hydroxylation sites is 1. The highest BCUT2D eigenvalue weighted by molar-refractivity contribution is 5.98. The Morgan fingerprint density at radius 2 is 1.73 bits per heavy atom. The molecule has 44 heavy (non-hydrogen) atoms. The molecule has 1 aliphatic heterocycles. The number of hydrogen-bond donors (Lipinski definition) is 2. The van der Waals surface area contributed by atoms with Gasteiger partial charge in [-0.15, -0.1) is 6.42 Å². The Balaban J connectivity index is 0.000000625. The van der Waals surface area contributed by atoms with Crippen LogP contribution in [0.1, 0.15) is 70.1 Å². The van der Waals surface area contributed by atoms with Crippen molar-refractivity contribution in [2.24, 2.45) is 10.9 Å². The molecule has 1 aliphatic rings. The molecule has 0 bridgehead atoms. The maximum absolute atomic E-state index is 5.02. The van der Waals surface area contributed by atoms with Crippen LogP contribution in [0, 0.1) is 25.2 Å². The van der Waals surface area contributed by atoms with Crippen molar-refractivity contribution < 1.29 is 0 Å². The Bertz CT molecular complexity index is 1280. The molecule has 236 valence electrons. The van der Waals surface area contributed by atoms with Gasteiger partial charge in [-0.1, -0.05) is 99.7 Å². The lowest BCUT2D eigenvalue weighted by Gasteiger charge is -2.34. The molecule has 0 aromatic heterocycles. The molecule has 0 unspecified atom stereocenters. The lowest BCUT2D eigenvalue weighted by Crippen LogP contribution is -2.35. The number of nitrogens with one attached hydrogen (secondary N) is 2. The van der Waals surface area contributed by atoms with Crippen molar-refractivity contribution in [1.29, 1.82) is 0 Å². The fourth-order valence-electron chi connectivity index (χ4n) is 4.70. The summed E-state index contributed by atoms with van der Waals surface area (Å²) in [6.45, 7) is 25.4. The molecule has 0 saturated carbocycles. The minimum absolute atomic E-state index is 0.727. The quantitative estimate of drug-likeness (QED) is 0.147. The van der Waals surface area contributed by atoms with Gasteiger partial charge in [0.1, 0.15) is 0 Å².